The van der Waals surface area contributed by atoms with Gasteiger partial charge in [-0.15, -0.1) is 0 Å². The molecule has 1 saturated carbocycles. The third-order valence-corrected chi connectivity index (χ3v) is 4.30. The molecule has 3 rings (SSSR count). The largest absolute Gasteiger partial charge is 0.394 e. The highest BCUT2D eigenvalue weighted by atomic mass is 16.5. The molecule has 2 atom stereocenters. The summed E-state index contributed by atoms with van der Waals surface area (Å²) in [4.78, 5) is 14.7. The molecular weight excluding hydrogens is 254 g/mol. The van der Waals surface area contributed by atoms with E-state index in [2.05, 4.69) is 0 Å². The summed E-state index contributed by atoms with van der Waals surface area (Å²) in [6, 6.07) is 10.0. The number of rotatable bonds is 3. The van der Waals surface area contributed by atoms with Crippen LogP contribution in [0.25, 0.3) is 0 Å². The molecule has 1 aliphatic heterocycles. The molecule has 2 aliphatic rings. The zero-order valence-corrected chi connectivity index (χ0v) is 11.8. The van der Waals surface area contributed by atoms with E-state index in [-0.39, 0.29) is 30.1 Å². The zero-order chi connectivity index (χ0) is 14.2. The number of hydrogen-bond donors (Lipinski definition) is 1. The first kappa shape index (κ1) is 13.6. The Bertz CT molecular complexity index is 484. The van der Waals surface area contributed by atoms with Crippen molar-refractivity contribution in [3.63, 3.8) is 0 Å². The predicted molar refractivity (Wildman–Crippen MR) is 75.4 cm³/mol. The van der Waals surface area contributed by atoms with E-state index in [1.165, 1.54) is 0 Å². The van der Waals surface area contributed by atoms with Crippen molar-refractivity contribution in [3.8, 4) is 0 Å². The highest BCUT2D eigenvalue weighted by molar-refractivity contribution is 5.91. The number of nitrogens with zero attached hydrogens (tertiary/aromatic N) is 1. The highest BCUT2D eigenvalue weighted by Crippen LogP contribution is 2.49. The molecule has 0 radical (unpaired) electrons. The van der Waals surface area contributed by atoms with Crippen molar-refractivity contribution in [2.24, 2.45) is 0 Å². The van der Waals surface area contributed by atoms with Crippen molar-refractivity contribution in [1.82, 2.24) is 4.90 Å². The maximum Gasteiger partial charge on any atom is 0.233 e. The SMILES string of the molecule is CC1CN(C(=O)C2(c3ccccc3)CC2)CC(CO)O1. The molecule has 0 bridgehead atoms. The molecular formula is C16H21NO3. The Kier molecular flexibility index (Phi) is 3.52. The monoisotopic (exact) mass is 275 g/mol. The van der Waals surface area contributed by atoms with Gasteiger partial charge < -0.3 is 14.7 Å². The summed E-state index contributed by atoms with van der Waals surface area (Å²) in [5.41, 5.74) is 0.794. The second kappa shape index (κ2) is 5.19. The van der Waals surface area contributed by atoms with Crippen LogP contribution in [0.5, 0.6) is 0 Å². The molecule has 1 aromatic rings. The number of morpholine rings is 1. The smallest absolute Gasteiger partial charge is 0.233 e. The zero-order valence-electron chi connectivity index (χ0n) is 11.8. The minimum Gasteiger partial charge on any atom is -0.394 e. The Hall–Kier alpha value is -1.39. The fraction of sp³-hybridized carbons (Fsp3) is 0.562. The molecule has 1 aliphatic carbocycles. The van der Waals surface area contributed by atoms with Crippen molar-refractivity contribution in [3.05, 3.63) is 35.9 Å². The average molecular weight is 275 g/mol. The second-order valence-electron chi connectivity index (χ2n) is 5.91. The molecule has 20 heavy (non-hydrogen) atoms. The summed E-state index contributed by atoms with van der Waals surface area (Å²) in [5.74, 6) is 0.192. The van der Waals surface area contributed by atoms with Crippen molar-refractivity contribution in [1.29, 1.82) is 0 Å². The van der Waals surface area contributed by atoms with Crippen molar-refractivity contribution in [2.45, 2.75) is 37.4 Å². The Morgan fingerprint density at radius 3 is 2.65 bits per heavy atom. The first-order valence-electron chi connectivity index (χ1n) is 7.27. The lowest BCUT2D eigenvalue weighted by Crippen LogP contribution is -2.53. The van der Waals surface area contributed by atoms with Gasteiger partial charge in [-0.05, 0) is 25.3 Å². The predicted octanol–water partition coefficient (Wildman–Crippen LogP) is 1.33. The highest BCUT2D eigenvalue weighted by Gasteiger charge is 2.53. The van der Waals surface area contributed by atoms with Gasteiger partial charge in [-0.2, -0.15) is 0 Å². The lowest BCUT2D eigenvalue weighted by molar-refractivity contribution is -0.149. The number of benzene rings is 1. The summed E-state index contributed by atoms with van der Waals surface area (Å²) < 4.78 is 5.61. The minimum absolute atomic E-state index is 0.0172. The minimum atomic E-state index is -0.321. The number of aliphatic hydroxyl groups excluding tert-OH is 1. The van der Waals surface area contributed by atoms with Crippen LogP contribution in [0.1, 0.15) is 25.3 Å². The quantitative estimate of drug-likeness (QED) is 0.905. The Balaban J connectivity index is 1.79. The molecule has 1 amide bonds. The fourth-order valence-corrected chi connectivity index (χ4v) is 3.12. The maximum absolute atomic E-state index is 12.9. The fourth-order valence-electron chi connectivity index (χ4n) is 3.12. The van der Waals surface area contributed by atoms with Crippen LogP contribution in [-0.4, -0.2) is 47.8 Å². The van der Waals surface area contributed by atoms with E-state index >= 15 is 0 Å². The maximum atomic E-state index is 12.9. The third kappa shape index (κ3) is 2.34. The Morgan fingerprint density at radius 2 is 2.05 bits per heavy atom. The Labute approximate surface area is 119 Å². The van der Waals surface area contributed by atoms with Crippen LogP contribution in [0.15, 0.2) is 30.3 Å². The van der Waals surface area contributed by atoms with Gasteiger partial charge in [0.1, 0.15) is 0 Å². The lowest BCUT2D eigenvalue weighted by atomic mass is 9.94. The normalized spacial score (nSPS) is 28.2. The standard InChI is InChI=1S/C16H21NO3/c1-12-9-17(10-14(11-18)20-12)15(19)16(7-8-16)13-5-3-2-4-6-13/h2-6,12,14,18H,7-11H2,1H3. The second-order valence-corrected chi connectivity index (χ2v) is 5.91. The number of aliphatic hydroxyl groups is 1. The van der Waals surface area contributed by atoms with Gasteiger partial charge in [-0.25, -0.2) is 0 Å². The van der Waals surface area contributed by atoms with Crippen LogP contribution in [0, 0.1) is 0 Å². The number of carbonyl (C=O) groups excluding carboxylic acids is 1. The van der Waals surface area contributed by atoms with E-state index < -0.39 is 0 Å². The van der Waals surface area contributed by atoms with Gasteiger partial charge in [0, 0.05) is 13.1 Å². The van der Waals surface area contributed by atoms with E-state index in [4.69, 9.17) is 4.74 Å². The molecule has 2 fully saturated rings. The summed E-state index contributed by atoms with van der Waals surface area (Å²) in [7, 11) is 0. The van der Waals surface area contributed by atoms with Gasteiger partial charge in [0.15, 0.2) is 0 Å². The van der Waals surface area contributed by atoms with Gasteiger partial charge in [-0.3, -0.25) is 4.79 Å². The molecule has 4 heteroatoms. The molecule has 1 aromatic carbocycles. The van der Waals surface area contributed by atoms with Crippen LogP contribution >= 0.6 is 0 Å². The van der Waals surface area contributed by atoms with Crippen molar-refractivity contribution >= 4 is 5.91 Å². The summed E-state index contributed by atoms with van der Waals surface area (Å²) >= 11 is 0. The van der Waals surface area contributed by atoms with Crippen molar-refractivity contribution in [2.75, 3.05) is 19.7 Å². The van der Waals surface area contributed by atoms with Gasteiger partial charge in [0.25, 0.3) is 0 Å². The van der Waals surface area contributed by atoms with E-state index in [0.29, 0.717) is 13.1 Å². The molecule has 108 valence electrons. The topological polar surface area (TPSA) is 49.8 Å². The lowest BCUT2D eigenvalue weighted by Gasteiger charge is -2.38. The number of amides is 1. The number of hydrogen-bond acceptors (Lipinski definition) is 3. The van der Waals surface area contributed by atoms with Crippen molar-refractivity contribution < 1.29 is 14.6 Å². The van der Waals surface area contributed by atoms with Gasteiger partial charge >= 0.3 is 0 Å². The van der Waals surface area contributed by atoms with Crippen LogP contribution in [0.2, 0.25) is 0 Å². The summed E-state index contributed by atoms with van der Waals surface area (Å²) in [6.45, 7) is 3.02. The van der Waals surface area contributed by atoms with E-state index in [9.17, 15) is 9.90 Å². The van der Waals surface area contributed by atoms with Crippen LogP contribution < -0.4 is 0 Å². The van der Waals surface area contributed by atoms with Crippen LogP contribution in [-0.2, 0) is 14.9 Å². The first-order chi connectivity index (χ1) is 9.65. The van der Waals surface area contributed by atoms with E-state index in [1.807, 2.05) is 42.2 Å². The molecule has 1 heterocycles. The average Bonchev–Trinajstić information content (AvgIpc) is 3.28. The molecule has 2 unspecified atom stereocenters. The van der Waals surface area contributed by atoms with Gasteiger partial charge in [0.05, 0.1) is 24.2 Å². The molecule has 4 nitrogen and oxygen atoms in total. The van der Waals surface area contributed by atoms with E-state index in [0.717, 1.165) is 18.4 Å². The molecule has 0 spiro atoms. The number of ether oxygens (including phenoxy) is 1. The molecule has 1 saturated heterocycles. The third-order valence-electron chi connectivity index (χ3n) is 4.30. The van der Waals surface area contributed by atoms with Gasteiger partial charge in [0.2, 0.25) is 5.91 Å². The van der Waals surface area contributed by atoms with E-state index in [1.54, 1.807) is 0 Å². The first-order valence-corrected chi connectivity index (χ1v) is 7.27. The van der Waals surface area contributed by atoms with Crippen LogP contribution in [0.4, 0.5) is 0 Å². The van der Waals surface area contributed by atoms with Crippen LogP contribution in [0.3, 0.4) is 0 Å². The molecule has 0 aromatic heterocycles. The molecule has 1 N–H and O–H groups in total. The van der Waals surface area contributed by atoms with Gasteiger partial charge in [-0.1, -0.05) is 30.3 Å². The summed E-state index contributed by atoms with van der Waals surface area (Å²) in [6.07, 6.45) is 1.57. The summed E-state index contributed by atoms with van der Waals surface area (Å²) in [5, 5.41) is 9.28. The number of carbonyl (C=O) groups is 1. The Morgan fingerprint density at radius 1 is 1.35 bits per heavy atom.